The SMILES string of the molecule is Cc1cn2c(=O)cc(COc3cc(NC(=O)c4cccc(Cl)c4)ccc3C)nc2s1. The molecule has 4 rings (SSSR count). The molecule has 152 valence electrons. The number of halogens is 1. The van der Waals surface area contributed by atoms with E-state index in [-0.39, 0.29) is 18.1 Å². The first-order chi connectivity index (χ1) is 14.4. The number of aryl methyl sites for hydroxylation is 2. The van der Waals surface area contributed by atoms with Crippen molar-refractivity contribution in [3.8, 4) is 5.75 Å². The number of rotatable bonds is 5. The summed E-state index contributed by atoms with van der Waals surface area (Å²) in [5, 5.41) is 3.34. The Morgan fingerprint density at radius 1 is 1.20 bits per heavy atom. The smallest absolute Gasteiger partial charge is 0.258 e. The number of nitrogens with one attached hydrogen (secondary N) is 1. The standard InChI is InChI=1S/C22H18ClN3O3S/c1-13-6-7-17(24-21(28)15-4-3-5-16(23)8-15)9-19(13)29-12-18-10-20(27)26-11-14(2)30-22(26)25-18/h3-11H,12H2,1-2H3,(H,24,28). The fourth-order valence-corrected chi connectivity index (χ4v) is 3.99. The van der Waals surface area contributed by atoms with Gasteiger partial charge in [0.15, 0.2) is 4.96 Å². The first-order valence-corrected chi connectivity index (χ1v) is 10.4. The molecule has 4 aromatic rings. The van der Waals surface area contributed by atoms with E-state index in [9.17, 15) is 9.59 Å². The summed E-state index contributed by atoms with van der Waals surface area (Å²) in [4.78, 5) is 30.8. The molecule has 0 unspecified atom stereocenters. The second-order valence-corrected chi connectivity index (χ2v) is 8.46. The molecule has 8 heteroatoms. The zero-order valence-electron chi connectivity index (χ0n) is 16.3. The number of hydrogen-bond donors (Lipinski definition) is 1. The lowest BCUT2D eigenvalue weighted by molar-refractivity contribution is 0.102. The van der Waals surface area contributed by atoms with E-state index in [1.54, 1.807) is 42.6 Å². The van der Waals surface area contributed by atoms with Crippen LogP contribution in [-0.2, 0) is 6.61 Å². The maximum Gasteiger partial charge on any atom is 0.258 e. The molecular formula is C22H18ClN3O3S. The predicted octanol–water partition coefficient (Wildman–Crippen LogP) is 4.86. The Labute approximate surface area is 181 Å². The van der Waals surface area contributed by atoms with Crippen LogP contribution in [0.1, 0.15) is 26.5 Å². The highest BCUT2D eigenvalue weighted by Crippen LogP contribution is 2.24. The summed E-state index contributed by atoms with van der Waals surface area (Å²) in [5.74, 6) is 0.337. The van der Waals surface area contributed by atoms with E-state index < -0.39 is 0 Å². The molecule has 0 radical (unpaired) electrons. The van der Waals surface area contributed by atoms with Crippen LogP contribution < -0.4 is 15.6 Å². The average molecular weight is 440 g/mol. The predicted molar refractivity (Wildman–Crippen MR) is 119 cm³/mol. The Bertz CT molecular complexity index is 1310. The van der Waals surface area contributed by atoms with Crippen molar-refractivity contribution in [3.63, 3.8) is 0 Å². The maximum atomic E-state index is 12.4. The Hall–Kier alpha value is -3.16. The van der Waals surface area contributed by atoms with Crippen LogP contribution in [0.4, 0.5) is 5.69 Å². The van der Waals surface area contributed by atoms with Gasteiger partial charge in [-0.3, -0.25) is 14.0 Å². The Kier molecular flexibility index (Phi) is 5.57. The zero-order valence-corrected chi connectivity index (χ0v) is 17.9. The molecule has 0 saturated heterocycles. The van der Waals surface area contributed by atoms with Crippen LogP contribution in [0.25, 0.3) is 4.96 Å². The fourth-order valence-electron chi connectivity index (χ4n) is 2.95. The summed E-state index contributed by atoms with van der Waals surface area (Å²) >= 11 is 7.41. The van der Waals surface area contributed by atoms with Gasteiger partial charge in [0.2, 0.25) is 0 Å². The van der Waals surface area contributed by atoms with Crippen LogP contribution in [0.3, 0.4) is 0 Å². The van der Waals surface area contributed by atoms with Gasteiger partial charge < -0.3 is 10.1 Å². The summed E-state index contributed by atoms with van der Waals surface area (Å²) in [6, 6.07) is 13.6. The summed E-state index contributed by atoms with van der Waals surface area (Å²) in [6.45, 7) is 3.99. The zero-order chi connectivity index (χ0) is 21.3. The molecule has 0 aliphatic heterocycles. The second kappa shape index (κ2) is 8.30. The highest BCUT2D eigenvalue weighted by Gasteiger charge is 2.10. The fraction of sp³-hybridized carbons (Fsp3) is 0.136. The molecule has 0 saturated carbocycles. The number of fused-ring (bicyclic) bond motifs is 1. The summed E-state index contributed by atoms with van der Waals surface area (Å²) in [5.41, 5.74) is 2.38. The van der Waals surface area contributed by atoms with Crippen LogP contribution in [0.2, 0.25) is 5.02 Å². The van der Waals surface area contributed by atoms with Gasteiger partial charge in [-0.15, -0.1) is 11.3 Å². The van der Waals surface area contributed by atoms with Gasteiger partial charge in [0.1, 0.15) is 12.4 Å². The van der Waals surface area contributed by atoms with Crippen LogP contribution in [0.15, 0.2) is 59.5 Å². The van der Waals surface area contributed by atoms with E-state index in [2.05, 4.69) is 10.3 Å². The quantitative estimate of drug-likeness (QED) is 0.482. The molecule has 0 bridgehead atoms. The van der Waals surface area contributed by atoms with Crippen molar-refractivity contribution in [1.29, 1.82) is 0 Å². The van der Waals surface area contributed by atoms with Crippen molar-refractivity contribution >= 4 is 39.5 Å². The molecule has 2 aromatic carbocycles. The number of benzene rings is 2. The van der Waals surface area contributed by atoms with E-state index in [1.807, 2.05) is 19.9 Å². The maximum absolute atomic E-state index is 12.4. The lowest BCUT2D eigenvalue weighted by Crippen LogP contribution is -2.14. The lowest BCUT2D eigenvalue weighted by Gasteiger charge is -2.12. The molecule has 0 spiro atoms. The number of nitrogens with zero attached hydrogens (tertiary/aromatic N) is 2. The Balaban J connectivity index is 1.51. The molecule has 30 heavy (non-hydrogen) atoms. The van der Waals surface area contributed by atoms with Crippen molar-refractivity contribution in [2.24, 2.45) is 0 Å². The van der Waals surface area contributed by atoms with Gasteiger partial charge in [-0.25, -0.2) is 4.98 Å². The van der Waals surface area contributed by atoms with Gasteiger partial charge in [0, 0.05) is 39.5 Å². The number of ether oxygens (including phenoxy) is 1. The molecule has 1 N–H and O–H groups in total. The van der Waals surface area contributed by atoms with Crippen molar-refractivity contribution in [3.05, 3.63) is 91.8 Å². The highest BCUT2D eigenvalue weighted by molar-refractivity contribution is 7.16. The molecular weight excluding hydrogens is 422 g/mol. The van der Waals surface area contributed by atoms with Crippen molar-refractivity contribution in [2.75, 3.05) is 5.32 Å². The first-order valence-electron chi connectivity index (χ1n) is 9.18. The molecule has 2 heterocycles. The minimum absolute atomic E-state index is 0.137. The van der Waals surface area contributed by atoms with E-state index in [0.717, 1.165) is 10.4 Å². The van der Waals surface area contributed by atoms with Crippen molar-refractivity contribution in [2.45, 2.75) is 20.5 Å². The van der Waals surface area contributed by atoms with Gasteiger partial charge in [-0.05, 0) is 43.7 Å². The van der Waals surface area contributed by atoms with Crippen molar-refractivity contribution in [1.82, 2.24) is 9.38 Å². The summed E-state index contributed by atoms with van der Waals surface area (Å²) in [6.07, 6.45) is 1.77. The summed E-state index contributed by atoms with van der Waals surface area (Å²) in [7, 11) is 0. The monoisotopic (exact) mass is 439 g/mol. The third-order valence-electron chi connectivity index (χ3n) is 4.44. The average Bonchev–Trinajstić information content (AvgIpc) is 3.09. The van der Waals surface area contributed by atoms with E-state index in [4.69, 9.17) is 16.3 Å². The summed E-state index contributed by atoms with van der Waals surface area (Å²) < 4.78 is 7.43. The van der Waals surface area contributed by atoms with Gasteiger partial charge in [0.25, 0.3) is 11.5 Å². The van der Waals surface area contributed by atoms with Gasteiger partial charge in [0.05, 0.1) is 5.69 Å². The van der Waals surface area contributed by atoms with Crippen LogP contribution >= 0.6 is 22.9 Å². The number of carbonyl (C=O) groups is 1. The van der Waals surface area contributed by atoms with Crippen molar-refractivity contribution < 1.29 is 9.53 Å². The topological polar surface area (TPSA) is 72.7 Å². The molecule has 2 aromatic heterocycles. The number of amides is 1. The number of hydrogen-bond acceptors (Lipinski definition) is 5. The van der Waals surface area contributed by atoms with E-state index in [1.165, 1.54) is 21.8 Å². The largest absolute Gasteiger partial charge is 0.487 e. The highest BCUT2D eigenvalue weighted by atomic mass is 35.5. The number of anilines is 1. The normalized spacial score (nSPS) is 10.9. The second-order valence-electron chi connectivity index (χ2n) is 6.81. The molecule has 0 aliphatic carbocycles. The van der Waals surface area contributed by atoms with Gasteiger partial charge in [-0.1, -0.05) is 23.7 Å². The molecule has 0 atom stereocenters. The number of thiazole rings is 1. The minimum atomic E-state index is -0.263. The van der Waals surface area contributed by atoms with Crippen LogP contribution in [0.5, 0.6) is 5.75 Å². The molecule has 1 amide bonds. The van der Waals surface area contributed by atoms with Gasteiger partial charge >= 0.3 is 0 Å². The number of aromatic nitrogens is 2. The number of carbonyl (C=O) groups excluding carboxylic acids is 1. The molecule has 0 aliphatic rings. The van der Waals surface area contributed by atoms with E-state index in [0.29, 0.717) is 32.7 Å². The minimum Gasteiger partial charge on any atom is -0.487 e. The third-order valence-corrected chi connectivity index (χ3v) is 5.58. The van der Waals surface area contributed by atoms with Gasteiger partial charge in [-0.2, -0.15) is 0 Å². The lowest BCUT2D eigenvalue weighted by atomic mass is 10.1. The van der Waals surface area contributed by atoms with Crippen LogP contribution in [0, 0.1) is 13.8 Å². The molecule has 0 fully saturated rings. The Morgan fingerprint density at radius 2 is 2.03 bits per heavy atom. The molecule has 6 nitrogen and oxygen atoms in total. The third kappa shape index (κ3) is 4.37. The Morgan fingerprint density at radius 3 is 2.83 bits per heavy atom. The van der Waals surface area contributed by atoms with Crippen LogP contribution in [-0.4, -0.2) is 15.3 Å². The van der Waals surface area contributed by atoms with E-state index >= 15 is 0 Å². The first kappa shape index (κ1) is 20.1.